The smallest absolute Gasteiger partial charge is 0.234 e. The zero-order valence-corrected chi connectivity index (χ0v) is 17.8. The molecular weight excluding hydrogens is 394 g/mol. The SMILES string of the molecule is Cc1ccc(NC(=O)CSc2nccnc2N2CCN(c3ccccc3)CC2)cc1. The summed E-state index contributed by atoms with van der Waals surface area (Å²) in [5.41, 5.74) is 3.22. The van der Waals surface area contributed by atoms with Crippen LogP contribution in [0.2, 0.25) is 0 Å². The largest absolute Gasteiger partial charge is 0.368 e. The van der Waals surface area contributed by atoms with Gasteiger partial charge in [-0.2, -0.15) is 0 Å². The number of rotatable bonds is 6. The molecule has 1 aliphatic rings. The van der Waals surface area contributed by atoms with Crippen LogP contribution in [0, 0.1) is 6.92 Å². The zero-order chi connectivity index (χ0) is 20.8. The predicted octanol–water partition coefficient (Wildman–Crippen LogP) is 3.84. The highest BCUT2D eigenvalue weighted by molar-refractivity contribution is 8.00. The molecule has 2 aromatic carbocycles. The van der Waals surface area contributed by atoms with E-state index in [2.05, 4.69) is 49.4 Å². The Morgan fingerprint density at radius 1 is 0.933 bits per heavy atom. The topological polar surface area (TPSA) is 61.4 Å². The van der Waals surface area contributed by atoms with Gasteiger partial charge in [0.1, 0.15) is 5.03 Å². The maximum Gasteiger partial charge on any atom is 0.234 e. The van der Waals surface area contributed by atoms with Crippen LogP contribution < -0.4 is 15.1 Å². The number of hydrogen-bond donors (Lipinski definition) is 1. The van der Waals surface area contributed by atoms with E-state index in [0.29, 0.717) is 5.75 Å². The number of thioether (sulfide) groups is 1. The number of aromatic nitrogens is 2. The van der Waals surface area contributed by atoms with Gasteiger partial charge < -0.3 is 15.1 Å². The third kappa shape index (κ3) is 5.10. The highest BCUT2D eigenvalue weighted by Crippen LogP contribution is 2.27. The highest BCUT2D eigenvalue weighted by atomic mass is 32.2. The molecule has 1 amide bonds. The lowest BCUT2D eigenvalue weighted by Crippen LogP contribution is -2.47. The first kappa shape index (κ1) is 20.2. The van der Waals surface area contributed by atoms with E-state index in [1.54, 1.807) is 12.4 Å². The molecule has 0 spiro atoms. The molecule has 0 atom stereocenters. The molecule has 154 valence electrons. The molecule has 1 fully saturated rings. The molecule has 0 bridgehead atoms. The van der Waals surface area contributed by atoms with Gasteiger partial charge in [0.25, 0.3) is 0 Å². The average molecular weight is 420 g/mol. The molecule has 0 unspecified atom stereocenters. The fraction of sp³-hybridized carbons (Fsp3) is 0.261. The normalized spacial score (nSPS) is 13.9. The summed E-state index contributed by atoms with van der Waals surface area (Å²) < 4.78 is 0. The Hall–Kier alpha value is -3.06. The van der Waals surface area contributed by atoms with Crippen molar-refractivity contribution in [3.63, 3.8) is 0 Å². The first-order valence-electron chi connectivity index (χ1n) is 10.0. The molecule has 3 aromatic rings. The zero-order valence-electron chi connectivity index (χ0n) is 17.0. The van der Waals surface area contributed by atoms with E-state index in [-0.39, 0.29) is 5.91 Å². The van der Waals surface area contributed by atoms with Gasteiger partial charge in [0, 0.05) is 49.9 Å². The van der Waals surface area contributed by atoms with Crippen LogP contribution in [-0.2, 0) is 4.79 Å². The van der Waals surface area contributed by atoms with Gasteiger partial charge in [-0.1, -0.05) is 47.7 Å². The van der Waals surface area contributed by atoms with E-state index in [1.165, 1.54) is 23.0 Å². The Labute approximate surface area is 181 Å². The Kier molecular flexibility index (Phi) is 6.49. The Morgan fingerprint density at radius 3 is 2.33 bits per heavy atom. The van der Waals surface area contributed by atoms with Crippen LogP contribution in [0.3, 0.4) is 0 Å². The van der Waals surface area contributed by atoms with Crippen molar-refractivity contribution < 1.29 is 4.79 Å². The number of hydrogen-bond acceptors (Lipinski definition) is 6. The van der Waals surface area contributed by atoms with Gasteiger partial charge in [-0.05, 0) is 31.2 Å². The van der Waals surface area contributed by atoms with Crippen LogP contribution in [0.5, 0.6) is 0 Å². The molecule has 0 radical (unpaired) electrons. The van der Waals surface area contributed by atoms with Crippen molar-refractivity contribution in [1.82, 2.24) is 9.97 Å². The monoisotopic (exact) mass is 419 g/mol. The fourth-order valence-electron chi connectivity index (χ4n) is 3.42. The average Bonchev–Trinajstić information content (AvgIpc) is 2.80. The van der Waals surface area contributed by atoms with Crippen LogP contribution >= 0.6 is 11.8 Å². The summed E-state index contributed by atoms with van der Waals surface area (Å²) in [6.07, 6.45) is 3.40. The second kappa shape index (κ2) is 9.63. The Balaban J connectivity index is 1.35. The van der Waals surface area contributed by atoms with E-state index in [0.717, 1.165) is 42.7 Å². The number of carbonyl (C=O) groups excluding carboxylic acids is 1. The maximum absolute atomic E-state index is 12.4. The number of para-hydroxylation sites is 1. The summed E-state index contributed by atoms with van der Waals surface area (Å²) in [6, 6.07) is 18.3. The molecule has 2 heterocycles. The molecular formula is C23H25N5OS. The van der Waals surface area contributed by atoms with Crippen molar-refractivity contribution in [3.05, 3.63) is 72.6 Å². The summed E-state index contributed by atoms with van der Waals surface area (Å²) in [6.45, 7) is 5.63. The number of piperazine rings is 1. The number of nitrogens with one attached hydrogen (secondary N) is 1. The standard InChI is InChI=1S/C23H25N5OS/c1-18-7-9-19(10-8-18)26-21(29)17-30-23-22(24-11-12-25-23)28-15-13-27(14-16-28)20-5-3-2-4-6-20/h2-12H,13-17H2,1H3,(H,26,29). The van der Waals surface area contributed by atoms with E-state index >= 15 is 0 Å². The third-order valence-electron chi connectivity index (χ3n) is 5.02. The Bertz CT molecular complexity index is 972. The lowest BCUT2D eigenvalue weighted by molar-refractivity contribution is -0.113. The number of aryl methyl sites for hydroxylation is 1. The number of nitrogens with zero attached hydrogens (tertiary/aromatic N) is 4. The van der Waals surface area contributed by atoms with Crippen LogP contribution in [-0.4, -0.2) is 47.8 Å². The summed E-state index contributed by atoms with van der Waals surface area (Å²) >= 11 is 1.43. The third-order valence-corrected chi connectivity index (χ3v) is 5.99. The summed E-state index contributed by atoms with van der Waals surface area (Å²) in [4.78, 5) is 26.0. The predicted molar refractivity (Wildman–Crippen MR) is 123 cm³/mol. The van der Waals surface area contributed by atoms with Crippen LogP contribution in [0.1, 0.15) is 5.56 Å². The van der Waals surface area contributed by atoms with E-state index < -0.39 is 0 Å². The van der Waals surface area contributed by atoms with E-state index in [9.17, 15) is 4.79 Å². The summed E-state index contributed by atoms with van der Waals surface area (Å²) in [5.74, 6) is 1.11. The Morgan fingerprint density at radius 2 is 1.60 bits per heavy atom. The van der Waals surface area contributed by atoms with Gasteiger partial charge in [0.05, 0.1) is 5.75 Å². The van der Waals surface area contributed by atoms with Gasteiger partial charge in [-0.3, -0.25) is 4.79 Å². The van der Waals surface area contributed by atoms with E-state index in [1.807, 2.05) is 37.3 Å². The second-order valence-electron chi connectivity index (χ2n) is 7.20. The molecule has 1 saturated heterocycles. The van der Waals surface area contributed by atoms with Crippen molar-refractivity contribution >= 4 is 34.9 Å². The maximum atomic E-state index is 12.4. The molecule has 6 nitrogen and oxygen atoms in total. The molecule has 1 aromatic heterocycles. The highest BCUT2D eigenvalue weighted by Gasteiger charge is 2.21. The minimum atomic E-state index is -0.0469. The van der Waals surface area contributed by atoms with Gasteiger partial charge in [0.2, 0.25) is 5.91 Å². The van der Waals surface area contributed by atoms with Gasteiger partial charge >= 0.3 is 0 Å². The fourth-order valence-corrected chi connectivity index (χ4v) is 4.21. The van der Waals surface area contributed by atoms with Crippen molar-refractivity contribution in [2.45, 2.75) is 11.9 Å². The van der Waals surface area contributed by atoms with Gasteiger partial charge in [-0.15, -0.1) is 0 Å². The van der Waals surface area contributed by atoms with Crippen LogP contribution in [0.15, 0.2) is 72.0 Å². The molecule has 30 heavy (non-hydrogen) atoms. The number of anilines is 3. The van der Waals surface area contributed by atoms with E-state index in [4.69, 9.17) is 0 Å². The van der Waals surface area contributed by atoms with Crippen molar-refractivity contribution in [2.75, 3.05) is 47.0 Å². The first-order chi connectivity index (χ1) is 14.7. The summed E-state index contributed by atoms with van der Waals surface area (Å²) in [5, 5.41) is 3.73. The molecule has 7 heteroatoms. The van der Waals surface area contributed by atoms with Crippen molar-refractivity contribution in [3.8, 4) is 0 Å². The number of benzene rings is 2. The molecule has 1 N–H and O–H groups in total. The summed E-state index contributed by atoms with van der Waals surface area (Å²) in [7, 11) is 0. The molecule has 0 saturated carbocycles. The van der Waals surface area contributed by atoms with Crippen molar-refractivity contribution in [1.29, 1.82) is 0 Å². The molecule has 1 aliphatic heterocycles. The molecule has 4 rings (SSSR count). The minimum absolute atomic E-state index is 0.0469. The van der Waals surface area contributed by atoms with Gasteiger partial charge in [0.15, 0.2) is 5.82 Å². The second-order valence-corrected chi connectivity index (χ2v) is 8.16. The number of carbonyl (C=O) groups is 1. The van der Waals surface area contributed by atoms with Crippen molar-refractivity contribution in [2.24, 2.45) is 0 Å². The van der Waals surface area contributed by atoms with Gasteiger partial charge in [-0.25, -0.2) is 9.97 Å². The molecule has 0 aliphatic carbocycles. The minimum Gasteiger partial charge on any atom is -0.368 e. The van der Waals surface area contributed by atoms with Crippen LogP contribution in [0.4, 0.5) is 17.2 Å². The lowest BCUT2D eigenvalue weighted by atomic mass is 10.2. The van der Waals surface area contributed by atoms with Crippen LogP contribution in [0.25, 0.3) is 0 Å². The lowest BCUT2D eigenvalue weighted by Gasteiger charge is -2.37. The quantitative estimate of drug-likeness (QED) is 0.613. The first-order valence-corrected chi connectivity index (χ1v) is 11.0. The number of amides is 1.